The summed E-state index contributed by atoms with van der Waals surface area (Å²) < 4.78 is 13.2. The van der Waals surface area contributed by atoms with Gasteiger partial charge >= 0.3 is 0 Å². The molecule has 0 aliphatic carbocycles. The molecule has 0 saturated carbocycles. The standard InChI is InChI=1S/C14H10ClFN2O/c1-8-13-4-9(15)2-3-12(13)14(19)18(8)11-5-10(16)6-17-7-11/h2-8H,1H3. The van der Waals surface area contributed by atoms with Crippen LogP contribution in [0.5, 0.6) is 0 Å². The minimum Gasteiger partial charge on any atom is -0.299 e. The number of hydrogen-bond acceptors (Lipinski definition) is 2. The van der Waals surface area contributed by atoms with Gasteiger partial charge < -0.3 is 0 Å². The average Bonchev–Trinajstić information content (AvgIpc) is 2.61. The molecule has 2 heterocycles. The van der Waals surface area contributed by atoms with E-state index in [1.165, 1.54) is 17.2 Å². The SMILES string of the molecule is CC1c2cc(Cl)ccc2C(=O)N1c1cncc(F)c1. The van der Waals surface area contributed by atoms with Crippen molar-refractivity contribution in [3.63, 3.8) is 0 Å². The van der Waals surface area contributed by atoms with Gasteiger partial charge in [0, 0.05) is 16.7 Å². The summed E-state index contributed by atoms with van der Waals surface area (Å²) in [5.74, 6) is -0.627. The number of hydrogen-bond donors (Lipinski definition) is 0. The Kier molecular flexibility index (Phi) is 2.75. The zero-order chi connectivity index (χ0) is 13.6. The van der Waals surface area contributed by atoms with E-state index in [0.29, 0.717) is 16.3 Å². The van der Waals surface area contributed by atoms with Crippen molar-refractivity contribution in [2.24, 2.45) is 0 Å². The molecule has 1 aromatic heterocycles. The monoisotopic (exact) mass is 276 g/mol. The first-order valence-electron chi connectivity index (χ1n) is 5.81. The molecule has 0 spiro atoms. The maximum absolute atomic E-state index is 13.2. The van der Waals surface area contributed by atoms with E-state index in [4.69, 9.17) is 11.6 Å². The summed E-state index contributed by atoms with van der Waals surface area (Å²) in [7, 11) is 0. The number of aromatic nitrogens is 1. The summed E-state index contributed by atoms with van der Waals surface area (Å²) in [6.45, 7) is 1.88. The van der Waals surface area contributed by atoms with Crippen LogP contribution in [0.4, 0.5) is 10.1 Å². The lowest BCUT2D eigenvalue weighted by atomic mass is 10.1. The molecule has 1 aliphatic rings. The van der Waals surface area contributed by atoms with Crippen LogP contribution in [0.25, 0.3) is 0 Å². The molecule has 1 aromatic carbocycles. The summed E-state index contributed by atoms with van der Waals surface area (Å²) in [5.41, 5.74) is 1.90. The highest BCUT2D eigenvalue weighted by atomic mass is 35.5. The molecule has 0 fully saturated rings. The van der Waals surface area contributed by atoms with Gasteiger partial charge in [0.15, 0.2) is 0 Å². The Labute approximate surface area is 114 Å². The molecule has 5 heteroatoms. The van der Waals surface area contributed by atoms with Crippen LogP contribution in [-0.4, -0.2) is 10.9 Å². The molecule has 1 atom stereocenters. The molecule has 0 saturated heterocycles. The molecule has 1 unspecified atom stereocenters. The van der Waals surface area contributed by atoms with E-state index >= 15 is 0 Å². The fourth-order valence-corrected chi connectivity index (χ4v) is 2.57. The predicted octanol–water partition coefficient (Wildman–Crippen LogP) is 3.60. The number of nitrogens with zero attached hydrogens (tertiary/aromatic N) is 2. The first kappa shape index (κ1) is 12.1. The number of anilines is 1. The van der Waals surface area contributed by atoms with Crippen LogP contribution in [0.2, 0.25) is 5.02 Å². The van der Waals surface area contributed by atoms with Crippen molar-refractivity contribution in [2.45, 2.75) is 13.0 Å². The van der Waals surface area contributed by atoms with Gasteiger partial charge in [-0.15, -0.1) is 0 Å². The molecule has 1 amide bonds. The van der Waals surface area contributed by atoms with E-state index in [9.17, 15) is 9.18 Å². The Bertz CT molecular complexity index is 674. The van der Waals surface area contributed by atoms with Crippen LogP contribution >= 0.6 is 11.6 Å². The molecule has 2 aromatic rings. The molecular weight excluding hydrogens is 267 g/mol. The summed E-state index contributed by atoms with van der Waals surface area (Å²) in [6.07, 6.45) is 2.59. The second-order valence-corrected chi connectivity index (χ2v) is 4.88. The van der Waals surface area contributed by atoms with Crippen molar-refractivity contribution in [3.05, 3.63) is 58.6 Å². The van der Waals surface area contributed by atoms with Crippen molar-refractivity contribution < 1.29 is 9.18 Å². The number of pyridine rings is 1. The summed E-state index contributed by atoms with van der Waals surface area (Å²) in [5, 5.41) is 0.581. The van der Waals surface area contributed by atoms with Crippen molar-refractivity contribution in [1.29, 1.82) is 0 Å². The molecule has 0 bridgehead atoms. The highest BCUT2D eigenvalue weighted by Crippen LogP contribution is 2.38. The van der Waals surface area contributed by atoms with E-state index in [1.54, 1.807) is 18.2 Å². The normalized spacial score (nSPS) is 17.7. The van der Waals surface area contributed by atoms with Gasteiger partial charge in [-0.1, -0.05) is 11.6 Å². The van der Waals surface area contributed by atoms with Gasteiger partial charge in [-0.05, 0) is 30.7 Å². The van der Waals surface area contributed by atoms with Crippen LogP contribution in [0.1, 0.15) is 28.9 Å². The van der Waals surface area contributed by atoms with Crippen LogP contribution in [0.15, 0.2) is 36.7 Å². The number of halogens is 2. The first-order chi connectivity index (χ1) is 9.08. The second-order valence-electron chi connectivity index (χ2n) is 4.44. The van der Waals surface area contributed by atoms with Crippen molar-refractivity contribution in [3.8, 4) is 0 Å². The molecule has 1 aliphatic heterocycles. The zero-order valence-electron chi connectivity index (χ0n) is 10.1. The van der Waals surface area contributed by atoms with E-state index in [-0.39, 0.29) is 11.9 Å². The van der Waals surface area contributed by atoms with Gasteiger partial charge in [-0.3, -0.25) is 14.7 Å². The molecular formula is C14H10ClFN2O. The Morgan fingerprint density at radius 2 is 2.11 bits per heavy atom. The largest absolute Gasteiger partial charge is 0.299 e. The third-order valence-electron chi connectivity index (χ3n) is 3.27. The van der Waals surface area contributed by atoms with Crippen LogP contribution in [-0.2, 0) is 0 Å². The number of amides is 1. The number of rotatable bonds is 1. The van der Waals surface area contributed by atoms with Gasteiger partial charge in [0.25, 0.3) is 5.91 Å². The fraction of sp³-hybridized carbons (Fsp3) is 0.143. The van der Waals surface area contributed by atoms with Gasteiger partial charge in [0.1, 0.15) is 5.82 Å². The number of fused-ring (bicyclic) bond motifs is 1. The minimum atomic E-state index is -0.466. The predicted molar refractivity (Wildman–Crippen MR) is 70.9 cm³/mol. The summed E-state index contributed by atoms with van der Waals surface area (Å²) in [4.78, 5) is 17.7. The molecule has 0 radical (unpaired) electrons. The summed E-state index contributed by atoms with van der Waals surface area (Å²) in [6, 6.07) is 6.26. The van der Waals surface area contributed by atoms with Crippen LogP contribution in [0.3, 0.4) is 0 Å². The molecule has 19 heavy (non-hydrogen) atoms. The van der Waals surface area contributed by atoms with Gasteiger partial charge in [0.2, 0.25) is 0 Å². The highest BCUT2D eigenvalue weighted by Gasteiger charge is 2.35. The average molecular weight is 277 g/mol. The Hall–Kier alpha value is -1.94. The van der Waals surface area contributed by atoms with Crippen LogP contribution in [0, 0.1) is 5.82 Å². The third kappa shape index (κ3) is 1.88. The summed E-state index contributed by atoms with van der Waals surface area (Å²) >= 11 is 5.95. The van der Waals surface area contributed by atoms with E-state index < -0.39 is 5.82 Å². The Morgan fingerprint density at radius 3 is 2.84 bits per heavy atom. The minimum absolute atomic E-state index is 0.161. The first-order valence-corrected chi connectivity index (χ1v) is 6.19. The second kappa shape index (κ2) is 4.31. The molecule has 3 nitrogen and oxygen atoms in total. The Balaban J connectivity index is 2.10. The third-order valence-corrected chi connectivity index (χ3v) is 3.50. The smallest absolute Gasteiger partial charge is 0.259 e. The lowest BCUT2D eigenvalue weighted by Gasteiger charge is -2.21. The molecule has 3 rings (SSSR count). The van der Waals surface area contributed by atoms with Gasteiger partial charge in [-0.25, -0.2) is 4.39 Å². The van der Waals surface area contributed by atoms with E-state index in [2.05, 4.69) is 4.98 Å². The Morgan fingerprint density at radius 1 is 1.32 bits per heavy atom. The van der Waals surface area contributed by atoms with E-state index in [0.717, 1.165) is 11.8 Å². The van der Waals surface area contributed by atoms with Gasteiger partial charge in [0.05, 0.1) is 24.1 Å². The number of carbonyl (C=O) groups excluding carboxylic acids is 1. The molecule has 0 N–H and O–H groups in total. The van der Waals surface area contributed by atoms with Crippen molar-refractivity contribution >= 4 is 23.2 Å². The van der Waals surface area contributed by atoms with Crippen LogP contribution < -0.4 is 4.90 Å². The topological polar surface area (TPSA) is 33.2 Å². The molecule has 96 valence electrons. The lowest BCUT2D eigenvalue weighted by Crippen LogP contribution is -2.26. The van der Waals surface area contributed by atoms with Crippen molar-refractivity contribution in [1.82, 2.24) is 4.98 Å². The number of carbonyl (C=O) groups is 1. The fourth-order valence-electron chi connectivity index (χ4n) is 2.39. The lowest BCUT2D eigenvalue weighted by molar-refractivity contribution is 0.0992. The maximum Gasteiger partial charge on any atom is 0.259 e. The highest BCUT2D eigenvalue weighted by molar-refractivity contribution is 6.31. The van der Waals surface area contributed by atoms with Crippen molar-refractivity contribution in [2.75, 3.05) is 4.90 Å². The zero-order valence-corrected chi connectivity index (χ0v) is 10.9. The van der Waals surface area contributed by atoms with Gasteiger partial charge in [-0.2, -0.15) is 0 Å². The van der Waals surface area contributed by atoms with E-state index in [1.807, 2.05) is 6.92 Å². The number of benzene rings is 1. The maximum atomic E-state index is 13.2. The quantitative estimate of drug-likeness (QED) is 0.797.